The molecular weight excluding hydrogens is 322 g/mol. The first-order valence-electron chi connectivity index (χ1n) is 8.77. The molecule has 8 nitrogen and oxygen atoms in total. The van der Waals surface area contributed by atoms with Gasteiger partial charge in [0.1, 0.15) is 5.82 Å². The Labute approximate surface area is 147 Å². The van der Waals surface area contributed by atoms with Gasteiger partial charge in [0, 0.05) is 38.3 Å². The van der Waals surface area contributed by atoms with Crippen LogP contribution in [0.25, 0.3) is 0 Å². The van der Waals surface area contributed by atoms with Crippen LogP contribution in [0.15, 0.2) is 24.4 Å². The molecule has 3 heterocycles. The Balaban J connectivity index is 1.37. The molecule has 0 saturated carbocycles. The molecule has 2 saturated heterocycles. The summed E-state index contributed by atoms with van der Waals surface area (Å²) in [5.74, 6) is 0.556. The lowest BCUT2D eigenvalue weighted by Gasteiger charge is -2.32. The van der Waals surface area contributed by atoms with Crippen LogP contribution in [0.5, 0.6) is 0 Å². The van der Waals surface area contributed by atoms with Crippen molar-refractivity contribution in [2.24, 2.45) is 5.92 Å². The summed E-state index contributed by atoms with van der Waals surface area (Å²) in [5.41, 5.74) is 5.09. The second kappa shape index (κ2) is 8.77. The number of hydrazine groups is 1. The summed E-state index contributed by atoms with van der Waals surface area (Å²) in [5, 5.41) is 0. The first-order valence-corrected chi connectivity index (χ1v) is 8.77. The van der Waals surface area contributed by atoms with Gasteiger partial charge in [-0.3, -0.25) is 25.3 Å². The highest BCUT2D eigenvalue weighted by Crippen LogP contribution is 2.21. The lowest BCUT2D eigenvalue weighted by atomic mass is 9.96. The number of rotatable bonds is 4. The topological polar surface area (TPSA) is 86.8 Å². The highest BCUT2D eigenvalue weighted by atomic mass is 16.5. The fourth-order valence-corrected chi connectivity index (χ4v) is 3.15. The van der Waals surface area contributed by atoms with Crippen LogP contribution >= 0.6 is 0 Å². The SMILES string of the molecule is O=C(CN1CCOCC1)NNC(=O)C1CCN(c2ccccn2)CC1. The molecule has 2 aliphatic heterocycles. The van der Waals surface area contributed by atoms with Gasteiger partial charge in [-0.05, 0) is 25.0 Å². The second-order valence-corrected chi connectivity index (χ2v) is 6.38. The van der Waals surface area contributed by atoms with Gasteiger partial charge >= 0.3 is 0 Å². The molecule has 1 aromatic rings. The number of hydrogen-bond acceptors (Lipinski definition) is 6. The van der Waals surface area contributed by atoms with Crippen LogP contribution in [0, 0.1) is 5.92 Å². The number of nitrogens with one attached hydrogen (secondary N) is 2. The number of hydrogen-bond donors (Lipinski definition) is 2. The van der Waals surface area contributed by atoms with E-state index in [1.807, 2.05) is 23.1 Å². The predicted molar refractivity (Wildman–Crippen MR) is 92.7 cm³/mol. The second-order valence-electron chi connectivity index (χ2n) is 6.38. The van der Waals surface area contributed by atoms with Gasteiger partial charge in [0.15, 0.2) is 0 Å². The quantitative estimate of drug-likeness (QED) is 0.732. The van der Waals surface area contributed by atoms with Gasteiger partial charge in [-0.25, -0.2) is 4.98 Å². The monoisotopic (exact) mass is 347 g/mol. The Bertz CT molecular complexity index is 569. The average Bonchev–Trinajstić information content (AvgIpc) is 2.68. The summed E-state index contributed by atoms with van der Waals surface area (Å²) >= 11 is 0. The number of morpholine rings is 1. The van der Waals surface area contributed by atoms with Crippen molar-refractivity contribution in [1.82, 2.24) is 20.7 Å². The molecule has 0 bridgehead atoms. The maximum atomic E-state index is 12.2. The molecule has 8 heteroatoms. The molecule has 2 amide bonds. The van der Waals surface area contributed by atoms with Crippen molar-refractivity contribution in [2.45, 2.75) is 12.8 Å². The number of piperidine rings is 1. The number of aromatic nitrogens is 1. The van der Waals surface area contributed by atoms with Gasteiger partial charge < -0.3 is 9.64 Å². The Morgan fingerprint density at radius 1 is 1.12 bits per heavy atom. The molecule has 3 rings (SSSR count). The number of nitrogens with zero attached hydrogens (tertiary/aromatic N) is 3. The van der Waals surface area contributed by atoms with E-state index in [0.29, 0.717) is 13.2 Å². The van der Waals surface area contributed by atoms with E-state index < -0.39 is 0 Å². The third kappa shape index (κ3) is 5.14. The third-order valence-electron chi connectivity index (χ3n) is 4.64. The first-order chi connectivity index (χ1) is 12.2. The van der Waals surface area contributed by atoms with Gasteiger partial charge in [-0.1, -0.05) is 6.07 Å². The molecule has 0 atom stereocenters. The summed E-state index contributed by atoms with van der Waals surface area (Å²) in [4.78, 5) is 32.7. The maximum Gasteiger partial charge on any atom is 0.252 e. The summed E-state index contributed by atoms with van der Waals surface area (Å²) in [6, 6.07) is 5.83. The molecule has 25 heavy (non-hydrogen) atoms. The molecule has 2 aliphatic rings. The minimum Gasteiger partial charge on any atom is -0.379 e. The van der Waals surface area contributed by atoms with E-state index >= 15 is 0 Å². The highest BCUT2D eigenvalue weighted by molar-refractivity contribution is 5.84. The van der Waals surface area contributed by atoms with Crippen LogP contribution in [0.3, 0.4) is 0 Å². The lowest BCUT2D eigenvalue weighted by Crippen LogP contribution is -2.51. The van der Waals surface area contributed by atoms with Crippen molar-refractivity contribution in [3.8, 4) is 0 Å². The van der Waals surface area contributed by atoms with E-state index in [4.69, 9.17) is 4.74 Å². The van der Waals surface area contributed by atoms with Crippen molar-refractivity contribution in [2.75, 3.05) is 50.8 Å². The minimum atomic E-state index is -0.193. The molecule has 2 fully saturated rings. The normalized spacial score (nSPS) is 19.4. The molecule has 136 valence electrons. The van der Waals surface area contributed by atoms with Gasteiger partial charge in [-0.15, -0.1) is 0 Å². The van der Waals surface area contributed by atoms with Crippen molar-refractivity contribution in [3.63, 3.8) is 0 Å². The molecule has 0 aromatic carbocycles. The Hall–Kier alpha value is -2.19. The van der Waals surface area contributed by atoms with Crippen molar-refractivity contribution in [3.05, 3.63) is 24.4 Å². The minimum absolute atomic E-state index is 0.0800. The summed E-state index contributed by atoms with van der Waals surface area (Å²) < 4.78 is 5.25. The first kappa shape index (κ1) is 17.6. The Morgan fingerprint density at radius 2 is 1.88 bits per heavy atom. The zero-order valence-corrected chi connectivity index (χ0v) is 14.3. The third-order valence-corrected chi connectivity index (χ3v) is 4.64. The van der Waals surface area contributed by atoms with E-state index in [9.17, 15) is 9.59 Å². The summed E-state index contributed by atoms with van der Waals surface area (Å²) in [6.07, 6.45) is 3.28. The van der Waals surface area contributed by atoms with Gasteiger partial charge in [0.25, 0.3) is 5.91 Å². The zero-order chi connectivity index (χ0) is 17.5. The smallest absolute Gasteiger partial charge is 0.252 e. The standard InChI is InChI=1S/C17H25N5O3/c23-16(13-21-9-11-25-12-10-21)19-20-17(24)14-4-7-22(8-5-14)15-3-1-2-6-18-15/h1-3,6,14H,4-5,7-13H2,(H,19,23)(H,20,24). The van der Waals surface area contributed by atoms with E-state index in [1.165, 1.54) is 0 Å². The van der Waals surface area contributed by atoms with Crippen LogP contribution < -0.4 is 15.8 Å². The number of carbonyl (C=O) groups excluding carboxylic acids is 2. The number of carbonyl (C=O) groups is 2. The van der Waals surface area contributed by atoms with E-state index in [0.717, 1.165) is 44.8 Å². The maximum absolute atomic E-state index is 12.2. The number of pyridine rings is 1. The average molecular weight is 347 g/mol. The molecule has 2 N–H and O–H groups in total. The van der Waals surface area contributed by atoms with Crippen molar-refractivity contribution in [1.29, 1.82) is 0 Å². The van der Waals surface area contributed by atoms with Crippen LogP contribution in [0.1, 0.15) is 12.8 Å². The van der Waals surface area contributed by atoms with Crippen LogP contribution in [-0.2, 0) is 14.3 Å². The number of amides is 2. The molecular formula is C17H25N5O3. The van der Waals surface area contributed by atoms with Gasteiger partial charge in [-0.2, -0.15) is 0 Å². The Kier molecular flexibility index (Phi) is 6.19. The van der Waals surface area contributed by atoms with Crippen molar-refractivity contribution < 1.29 is 14.3 Å². The molecule has 0 spiro atoms. The van der Waals surface area contributed by atoms with Gasteiger partial charge in [0.05, 0.1) is 19.8 Å². The summed E-state index contributed by atoms with van der Waals surface area (Å²) in [7, 11) is 0. The molecule has 0 unspecified atom stereocenters. The van der Waals surface area contributed by atoms with Gasteiger partial charge in [0.2, 0.25) is 5.91 Å². The largest absolute Gasteiger partial charge is 0.379 e. The van der Waals surface area contributed by atoms with Crippen molar-refractivity contribution >= 4 is 17.6 Å². The zero-order valence-electron chi connectivity index (χ0n) is 14.3. The van der Waals surface area contributed by atoms with Crippen LogP contribution in [0.2, 0.25) is 0 Å². The number of anilines is 1. The fraction of sp³-hybridized carbons (Fsp3) is 0.588. The molecule has 0 aliphatic carbocycles. The van der Waals surface area contributed by atoms with E-state index in [1.54, 1.807) is 6.20 Å². The number of ether oxygens (including phenoxy) is 1. The summed E-state index contributed by atoms with van der Waals surface area (Å²) in [6.45, 7) is 4.64. The van der Waals surface area contributed by atoms with E-state index in [-0.39, 0.29) is 24.3 Å². The van der Waals surface area contributed by atoms with E-state index in [2.05, 4.69) is 20.7 Å². The predicted octanol–water partition coefficient (Wildman–Crippen LogP) is -0.222. The lowest BCUT2D eigenvalue weighted by molar-refractivity contribution is -0.132. The Morgan fingerprint density at radius 3 is 2.56 bits per heavy atom. The highest BCUT2D eigenvalue weighted by Gasteiger charge is 2.26. The van der Waals surface area contributed by atoms with Crippen LogP contribution in [-0.4, -0.2) is 67.6 Å². The van der Waals surface area contributed by atoms with Crippen LogP contribution in [0.4, 0.5) is 5.82 Å². The molecule has 0 radical (unpaired) electrons. The molecule has 1 aromatic heterocycles. The fourth-order valence-electron chi connectivity index (χ4n) is 3.15.